The maximum Gasteiger partial charge on any atom is 0.119 e. The molecule has 1 aromatic carbocycles. The largest absolute Gasteiger partial charge is 0.494 e. The van der Waals surface area contributed by atoms with Crippen LogP contribution in [-0.2, 0) is 4.74 Å². The summed E-state index contributed by atoms with van der Waals surface area (Å²) in [5, 5.41) is 9.77. The Bertz CT molecular complexity index is 402. The number of piperazine rings is 1. The molecule has 0 bridgehead atoms. The number of hydrogen-bond donors (Lipinski definition) is 1. The highest BCUT2D eigenvalue weighted by atomic mass is 16.5. The van der Waals surface area contributed by atoms with Crippen LogP contribution in [0, 0.1) is 0 Å². The summed E-state index contributed by atoms with van der Waals surface area (Å²) in [5.74, 6) is 0.919. The topological polar surface area (TPSA) is 45.2 Å². The van der Waals surface area contributed by atoms with Crippen LogP contribution in [0.2, 0.25) is 0 Å². The van der Waals surface area contributed by atoms with E-state index in [2.05, 4.69) is 21.9 Å². The van der Waals surface area contributed by atoms with Crippen molar-refractivity contribution < 1.29 is 14.6 Å². The SMILES string of the molecule is CCOc1ccc(N2CCN(C[C@@H](O)COC)CC2)cc1. The number of ether oxygens (including phenoxy) is 2. The van der Waals surface area contributed by atoms with Gasteiger partial charge in [0.25, 0.3) is 0 Å². The summed E-state index contributed by atoms with van der Waals surface area (Å²) in [5.41, 5.74) is 1.23. The lowest BCUT2D eigenvalue weighted by Crippen LogP contribution is -2.49. The van der Waals surface area contributed by atoms with Gasteiger partial charge in [0.05, 0.1) is 19.3 Å². The first-order valence-electron chi connectivity index (χ1n) is 7.60. The first-order valence-corrected chi connectivity index (χ1v) is 7.60. The Morgan fingerprint density at radius 1 is 1.14 bits per heavy atom. The maximum absolute atomic E-state index is 9.77. The summed E-state index contributed by atoms with van der Waals surface area (Å²) >= 11 is 0. The van der Waals surface area contributed by atoms with Crippen LogP contribution in [0.15, 0.2) is 24.3 Å². The molecule has 1 aliphatic rings. The van der Waals surface area contributed by atoms with Gasteiger partial charge in [-0.3, -0.25) is 4.90 Å². The first-order chi connectivity index (χ1) is 10.2. The lowest BCUT2D eigenvalue weighted by molar-refractivity contribution is 0.0365. The smallest absolute Gasteiger partial charge is 0.119 e. The molecule has 0 unspecified atom stereocenters. The van der Waals surface area contributed by atoms with E-state index < -0.39 is 6.10 Å². The van der Waals surface area contributed by atoms with Crippen molar-refractivity contribution in [2.24, 2.45) is 0 Å². The van der Waals surface area contributed by atoms with Crippen molar-refractivity contribution in [3.05, 3.63) is 24.3 Å². The van der Waals surface area contributed by atoms with Crippen molar-refractivity contribution in [1.29, 1.82) is 0 Å². The zero-order valence-corrected chi connectivity index (χ0v) is 13.0. The molecule has 1 heterocycles. The second-order valence-electron chi connectivity index (χ2n) is 5.32. The van der Waals surface area contributed by atoms with E-state index in [1.165, 1.54) is 5.69 Å². The van der Waals surface area contributed by atoms with E-state index in [1.807, 2.05) is 19.1 Å². The third-order valence-electron chi connectivity index (χ3n) is 3.71. The number of β-amino-alcohol motifs (C(OH)–C–C–N with tert-alkyl or cyclic N) is 1. The molecule has 1 saturated heterocycles. The molecule has 0 saturated carbocycles. The highest BCUT2D eigenvalue weighted by Crippen LogP contribution is 2.20. The third kappa shape index (κ3) is 4.88. The van der Waals surface area contributed by atoms with E-state index >= 15 is 0 Å². The molecule has 5 nitrogen and oxygen atoms in total. The molecule has 0 aliphatic carbocycles. The monoisotopic (exact) mass is 294 g/mol. The summed E-state index contributed by atoms with van der Waals surface area (Å²) in [4.78, 5) is 4.66. The molecule has 0 aromatic heterocycles. The quantitative estimate of drug-likeness (QED) is 0.819. The summed E-state index contributed by atoms with van der Waals surface area (Å²) in [6, 6.07) is 8.27. The van der Waals surface area contributed by atoms with Crippen molar-refractivity contribution >= 4 is 5.69 Å². The molecule has 21 heavy (non-hydrogen) atoms. The Balaban J connectivity index is 1.80. The van der Waals surface area contributed by atoms with Crippen LogP contribution in [0.4, 0.5) is 5.69 Å². The molecule has 1 atom stereocenters. The molecule has 0 spiro atoms. The van der Waals surface area contributed by atoms with Crippen molar-refractivity contribution in [1.82, 2.24) is 4.90 Å². The van der Waals surface area contributed by atoms with Crippen LogP contribution in [0.1, 0.15) is 6.92 Å². The number of nitrogens with zero attached hydrogens (tertiary/aromatic N) is 2. The summed E-state index contributed by atoms with van der Waals surface area (Å²) < 4.78 is 10.4. The highest BCUT2D eigenvalue weighted by Gasteiger charge is 2.19. The molecule has 1 N–H and O–H groups in total. The van der Waals surface area contributed by atoms with E-state index in [0.717, 1.165) is 31.9 Å². The van der Waals surface area contributed by atoms with Gasteiger partial charge >= 0.3 is 0 Å². The van der Waals surface area contributed by atoms with Crippen LogP contribution < -0.4 is 9.64 Å². The van der Waals surface area contributed by atoms with E-state index in [1.54, 1.807) is 7.11 Å². The molecule has 0 amide bonds. The molecule has 1 aliphatic heterocycles. The van der Waals surface area contributed by atoms with Gasteiger partial charge in [-0.05, 0) is 31.2 Å². The predicted octanol–water partition coefficient (Wildman–Crippen LogP) is 1.21. The van der Waals surface area contributed by atoms with Crippen LogP contribution in [-0.4, -0.2) is 69.2 Å². The third-order valence-corrected chi connectivity index (χ3v) is 3.71. The van der Waals surface area contributed by atoms with Crippen molar-refractivity contribution in [2.75, 3.05) is 57.9 Å². The second kappa shape index (κ2) is 8.22. The fourth-order valence-corrected chi connectivity index (χ4v) is 2.65. The number of aliphatic hydroxyl groups is 1. The fraction of sp³-hybridized carbons (Fsp3) is 0.625. The van der Waals surface area contributed by atoms with Crippen LogP contribution in [0.25, 0.3) is 0 Å². The highest BCUT2D eigenvalue weighted by molar-refractivity contribution is 5.49. The van der Waals surface area contributed by atoms with E-state index in [0.29, 0.717) is 19.8 Å². The van der Waals surface area contributed by atoms with Gasteiger partial charge in [-0.1, -0.05) is 0 Å². The maximum atomic E-state index is 9.77. The number of methoxy groups -OCH3 is 1. The zero-order valence-electron chi connectivity index (χ0n) is 13.0. The fourth-order valence-electron chi connectivity index (χ4n) is 2.65. The molecule has 0 radical (unpaired) electrons. The molecule has 118 valence electrons. The average molecular weight is 294 g/mol. The number of benzene rings is 1. The number of anilines is 1. The second-order valence-corrected chi connectivity index (χ2v) is 5.32. The lowest BCUT2D eigenvalue weighted by atomic mass is 10.2. The van der Waals surface area contributed by atoms with Gasteiger partial charge < -0.3 is 19.5 Å². The van der Waals surface area contributed by atoms with Gasteiger partial charge in [0.2, 0.25) is 0 Å². The molecule has 1 fully saturated rings. The Hall–Kier alpha value is -1.30. The molecule has 1 aromatic rings. The number of rotatable bonds is 7. The number of aliphatic hydroxyl groups excluding tert-OH is 1. The van der Waals surface area contributed by atoms with Gasteiger partial charge in [0, 0.05) is 45.5 Å². The van der Waals surface area contributed by atoms with Crippen LogP contribution in [0.5, 0.6) is 5.75 Å². The summed E-state index contributed by atoms with van der Waals surface area (Å²) in [6.45, 7) is 7.67. The van der Waals surface area contributed by atoms with E-state index in [4.69, 9.17) is 9.47 Å². The Morgan fingerprint density at radius 3 is 2.38 bits per heavy atom. The van der Waals surface area contributed by atoms with Crippen LogP contribution in [0.3, 0.4) is 0 Å². The van der Waals surface area contributed by atoms with Gasteiger partial charge in [-0.2, -0.15) is 0 Å². The molecule has 2 rings (SSSR count). The van der Waals surface area contributed by atoms with Gasteiger partial charge in [0.15, 0.2) is 0 Å². The minimum atomic E-state index is -0.396. The Morgan fingerprint density at radius 2 is 1.81 bits per heavy atom. The van der Waals surface area contributed by atoms with Gasteiger partial charge in [-0.15, -0.1) is 0 Å². The number of hydrogen-bond acceptors (Lipinski definition) is 5. The standard InChI is InChI=1S/C16H26N2O3/c1-3-21-16-6-4-14(5-7-16)18-10-8-17(9-11-18)12-15(19)13-20-2/h4-7,15,19H,3,8-13H2,1-2H3/t15-/m1/s1. The predicted molar refractivity (Wildman–Crippen MR) is 84.1 cm³/mol. The first kappa shape index (κ1) is 16.1. The van der Waals surface area contributed by atoms with Gasteiger partial charge in [0.1, 0.15) is 5.75 Å². The molecular formula is C16H26N2O3. The molecule has 5 heteroatoms. The zero-order chi connectivity index (χ0) is 15.1. The summed E-state index contributed by atoms with van der Waals surface area (Å²) in [6.07, 6.45) is -0.396. The molecular weight excluding hydrogens is 268 g/mol. The lowest BCUT2D eigenvalue weighted by Gasteiger charge is -2.36. The minimum absolute atomic E-state index is 0.396. The van der Waals surface area contributed by atoms with Crippen molar-refractivity contribution in [3.63, 3.8) is 0 Å². The Kier molecular flexibility index (Phi) is 6.29. The van der Waals surface area contributed by atoms with Crippen molar-refractivity contribution in [3.8, 4) is 5.75 Å². The summed E-state index contributed by atoms with van der Waals surface area (Å²) in [7, 11) is 1.62. The van der Waals surface area contributed by atoms with Crippen LogP contribution >= 0.6 is 0 Å². The van der Waals surface area contributed by atoms with E-state index in [9.17, 15) is 5.11 Å². The normalized spacial score (nSPS) is 17.8. The van der Waals surface area contributed by atoms with Crippen molar-refractivity contribution in [2.45, 2.75) is 13.0 Å². The van der Waals surface area contributed by atoms with E-state index in [-0.39, 0.29) is 0 Å². The average Bonchev–Trinajstić information content (AvgIpc) is 2.49. The minimum Gasteiger partial charge on any atom is -0.494 e. The van der Waals surface area contributed by atoms with Gasteiger partial charge in [-0.25, -0.2) is 0 Å². The Labute approximate surface area is 127 Å².